The number of carbonyl (C=O) groups excluding carboxylic acids is 1. The molecule has 0 spiro atoms. The molecule has 0 rings (SSSR count). The summed E-state index contributed by atoms with van der Waals surface area (Å²) in [6, 6.07) is 0. The van der Waals surface area contributed by atoms with E-state index in [1.807, 2.05) is 21.1 Å². The number of likely N-dealkylation sites (N-methyl/N-ethyl adjacent to an activating group) is 1. The van der Waals surface area contributed by atoms with Crippen LogP contribution in [0, 0.1) is 5.92 Å². The monoisotopic (exact) mass is 259 g/mol. The standard InChI is InChI=1S/C14H29NO3/c1-5-6-7-8-9-10-12(14(17)18)13(16)11-15(2,3)4/h12-13,16H,5-11H2,1-4H3. The third-order valence-electron chi connectivity index (χ3n) is 3.12. The van der Waals surface area contributed by atoms with Gasteiger partial charge in [0.1, 0.15) is 12.6 Å². The highest BCUT2D eigenvalue weighted by Crippen LogP contribution is 2.16. The minimum atomic E-state index is -1.12. The third kappa shape index (κ3) is 8.48. The number of aliphatic carboxylic acids is 1. The fraction of sp³-hybridized carbons (Fsp3) is 0.929. The minimum Gasteiger partial charge on any atom is -0.550 e. The Morgan fingerprint density at radius 2 is 1.72 bits per heavy atom. The van der Waals surface area contributed by atoms with Gasteiger partial charge in [0.2, 0.25) is 0 Å². The molecular weight excluding hydrogens is 230 g/mol. The average molecular weight is 259 g/mol. The zero-order valence-electron chi connectivity index (χ0n) is 12.3. The highest BCUT2D eigenvalue weighted by atomic mass is 16.4. The largest absolute Gasteiger partial charge is 0.550 e. The molecule has 4 heteroatoms. The molecule has 1 N–H and O–H groups in total. The van der Waals surface area contributed by atoms with Crippen molar-refractivity contribution in [3.63, 3.8) is 0 Å². The van der Waals surface area contributed by atoms with Crippen LogP contribution in [0.5, 0.6) is 0 Å². The van der Waals surface area contributed by atoms with Gasteiger partial charge < -0.3 is 19.5 Å². The second kappa shape index (κ2) is 8.48. The van der Waals surface area contributed by atoms with E-state index in [-0.39, 0.29) is 0 Å². The number of carboxylic acid groups (broad SMARTS) is 1. The summed E-state index contributed by atoms with van der Waals surface area (Å²) >= 11 is 0. The molecule has 0 saturated heterocycles. The van der Waals surface area contributed by atoms with Crippen molar-refractivity contribution in [2.75, 3.05) is 27.7 Å². The second-order valence-corrected chi connectivity index (χ2v) is 6.17. The second-order valence-electron chi connectivity index (χ2n) is 6.17. The van der Waals surface area contributed by atoms with E-state index in [2.05, 4.69) is 6.92 Å². The first kappa shape index (κ1) is 17.4. The molecular formula is C14H29NO3. The molecule has 0 fully saturated rings. The maximum absolute atomic E-state index is 11.1. The molecule has 0 aliphatic carbocycles. The van der Waals surface area contributed by atoms with Crippen LogP contribution >= 0.6 is 0 Å². The Morgan fingerprint density at radius 3 is 2.17 bits per heavy atom. The average Bonchev–Trinajstić information content (AvgIpc) is 2.19. The van der Waals surface area contributed by atoms with Crippen molar-refractivity contribution in [3.05, 3.63) is 0 Å². The van der Waals surface area contributed by atoms with Gasteiger partial charge in [0.25, 0.3) is 0 Å². The Kier molecular flexibility index (Phi) is 8.20. The lowest BCUT2D eigenvalue weighted by Gasteiger charge is -2.31. The smallest absolute Gasteiger partial charge is 0.111 e. The summed E-state index contributed by atoms with van der Waals surface area (Å²) in [7, 11) is 5.82. The van der Waals surface area contributed by atoms with Gasteiger partial charge in [-0.15, -0.1) is 0 Å². The summed E-state index contributed by atoms with van der Waals surface area (Å²) in [5, 5.41) is 21.0. The minimum absolute atomic E-state index is 0.438. The van der Waals surface area contributed by atoms with E-state index in [0.717, 1.165) is 19.3 Å². The Balaban J connectivity index is 4.10. The van der Waals surface area contributed by atoms with Crippen LogP contribution in [0.4, 0.5) is 0 Å². The van der Waals surface area contributed by atoms with E-state index in [1.54, 1.807) is 0 Å². The van der Waals surface area contributed by atoms with E-state index in [4.69, 9.17) is 0 Å². The first-order valence-electron chi connectivity index (χ1n) is 6.97. The topological polar surface area (TPSA) is 60.4 Å². The number of hydrogen-bond donors (Lipinski definition) is 1. The van der Waals surface area contributed by atoms with Crippen LogP contribution in [0.25, 0.3) is 0 Å². The number of nitrogens with zero attached hydrogens (tertiary/aromatic N) is 1. The van der Waals surface area contributed by atoms with Gasteiger partial charge in [-0.3, -0.25) is 0 Å². The van der Waals surface area contributed by atoms with Gasteiger partial charge >= 0.3 is 0 Å². The molecule has 0 heterocycles. The number of unbranched alkanes of at least 4 members (excludes halogenated alkanes) is 4. The first-order valence-corrected chi connectivity index (χ1v) is 6.97. The molecule has 2 atom stereocenters. The Hall–Kier alpha value is -0.610. The maximum atomic E-state index is 11.1. The summed E-state index contributed by atoms with van der Waals surface area (Å²) in [5.74, 6) is -1.85. The van der Waals surface area contributed by atoms with Crippen LogP contribution in [0.3, 0.4) is 0 Å². The summed E-state index contributed by atoms with van der Waals surface area (Å²) in [6.45, 7) is 2.59. The van der Waals surface area contributed by atoms with Gasteiger partial charge in [0.05, 0.1) is 21.1 Å². The normalized spacial score (nSPS) is 15.4. The number of hydrogen-bond acceptors (Lipinski definition) is 3. The predicted molar refractivity (Wildman–Crippen MR) is 70.8 cm³/mol. The molecule has 0 aromatic heterocycles. The third-order valence-corrected chi connectivity index (χ3v) is 3.12. The van der Waals surface area contributed by atoms with Crippen molar-refractivity contribution in [2.45, 2.75) is 51.6 Å². The van der Waals surface area contributed by atoms with Crippen molar-refractivity contribution >= 4 is 5.97 Å². The Morgan fingerprint density at radius 1 is 1.17 bits per heavy atom. The van der Waals surface area contributed by atoms with Crippen molar-refractivity contribution in [2.24, 2.45) is 5.92 Å². The zero-order chi connectivity index (χ0) is 14.2. The Labute approximate surface area is 111 Å². The van der Waals surface area contributed by atoms with Gasteiger partial charge in [-0.1, -0.05) is 39.0 Å². The van der Waals surface area contributed by atoms with Gasteiger partial charge in [0, 0.05) is 11.9 Å². The number of carboxylic acids is 1. The molecule has 0 aromatic rings. The predicted octanol–water partition coefficient (Wildman–Crippen LogP) is 0.780. The zero-order valence-corrected chi connectivity index (χ0v) is 12.3. The quantitative estimate of drug-likeness (QED) is 0.466. The van der Waals surface area contributed by atoms with E-state index >= 15 is 0 Å². The van der Waals surface area contributed by atoms with Crippen LogP contribution in [0.2, 0.25) is 0 Å². The van der Waals surface area contributed by atoms with Crippen LogP contribution in [-0.4, -0.2) is 49.4 Å². The molecule has 0 aromatic carbocycles. The summed E-state index contributed by atoms with van der Waals surface area (Å²) < 4.78 is 0.556. The molecule has 18 heavy (non-hydrogen) atoms. The molecule has 0 aliphatic rings. The summed E-state index contributed by atoms with van der Waals surface area (Å²) in [4.78, 5) is 11.1. The molecule has 0 amide bonds. The molecule has 108 valence electrons. The van der Waals surface area contributed by atoms with Crippen LogP contribution in [0.1, 0.15) is 45.4 Å². The lowest BCUT2D eigenvalue weighted by Crippen LogP contribution is -2.48. The van der Waals surface area contributed by atoms with E-state index in [0.29, 0.717) is 17.4 Å². The van der Waals surface area contributed by atoms with E-state index < -0.39 is 18.0 Å². The molecule has 2 unspecified atom stereocenters. The highest BCUT2D eigenvalue weighted by Gasteiger charge is 2.25. The van der Waals surface area contributed by atoms with Gasteiger partial charge in [-0.2, -0.15) is 0 Å². The van der Waals surface area contributed by atoms with Gasteiger partial charge in [-0.25, -0.2) is 0 Å². The molecule has 0 aliphatic heterocycles. The number of carbonyl (C=O) groups is 1. The fourth-order valence-electron chi connectivity index (χ4n) is 2.12. The number of quaternary nitrogens is 1. The van der Waals surface area contributed by atoms with Gasteiger partial charge in [0.15, 0.2) is 0 Å². The van der Waals surface area contributed by atoms with Crippen molar-refractivity contribution in [1.82, 2.24) is 0 Å². The lowest BCUT2D eigenvalue weighted by molar-refractivity contribution is -0.874. The van der Waals surface area contributed by atoms with Gasteiger partial charge in [-0.05, 0) is 6.42 Å². The summed E-state index contributed by atoms with van der Waals surface area (Å²) in [5.41, 5.74) is 0. The fourth-order valence-corrected chi connectivity index (χ4v) is 2.12. The highest BCUT2D eigenvalue weighted by molar-refractivity contribution is 5.68. The van der Waals surface area contributed by atoms with Crippen LogP contribution < -0.4 is 5.11 Å². The van der Waals surface area contributed by atoms with Crippen LogP contribution in [-0.2, 0) is 4.79 Å². The van der Waals surface area contributed by atoms with E-state index in [1.165, 1.54) is 12.8 Å². The molecule has 4 nitrogen and oxygen atoms in total. The summed E-state index contributed by atoms with van der Waals surface area (Å²) in [6.07, 6.45) is 5.10. The SMILES string of the molecule is CCCCCCCC(C(=O)[O-])C(O)C[N+](C)(C)C. The lowest BCUT2D eigenvalue weighted by atomic mass is 9.94. The number of rotatable bonds is 10. The van der Waals surface area contributed by atoms with Crippen molar-refractivity contribution < 1.29 is 19.5 Å². The van der Waals surface area contributed by atoms with Crippen molar-refractivity contribution in [1.29, 1.82) is 0 Å². The van der Waals surface area contributed by atoms with E-state index in [9.17, 15) is 15.0 Å². The molecule has 0 radical (unpaired) electrons. The molecule has 0 saturated carbocycles. The maximum Gasteiger partial charge on any atom is 0.111 e. The Bertz CT molecular complexity index is 236. The van der Waals surface area contributed by atoms with Crippen molar-refractivity contribution in [3.8, 4) is 0 Å². The molecule has 0 bridgehead atoms. The number of aliphatic hydroxyl groups excluding tert-OH is 1. The first-order chi connectivity index (χ1) is 8.28. The van der Waals surface area contributed by atoms with Crippen LogP contribution in [0.15, 0.2) is 0 Å². The number of aliphatic hydroxyl groups is 1.